The number of Topliss-reactive ketones (excluding diaryl/α,β-unsaturated/α-hetero) is 1. The van der Waals surface area contributed by atoms with Crippen LogP contribution in [0.4, 0.5) is 0 Å². The molecule has 0 spiro atoms. The van der Waals surface area contributed by atoms with Gasteiger partial charge in [-0.15, -0.1) is 0 Å². The number of hydrogen-bond acceptors (Lipinski definition) is 5. The van der Waals surface area contributed by atoms with Gasteiger partial charge in [-0.2, -0.15) is 0 Å². The van der Waals surface area contributed by atoms with Crippen molar-refractivity contribution in [3.05, 3.63) is 65.5 Å². The number of ketones is 1. The van der Waals surface area contributed by atoms with Gasteiger partial charge in [0, 0.05) is 30.9 Å². The van der Waals surface area contributed by atoms with Crippen molar-refractivity contribution in [3.63, 3.8) is 0 Å². The largest absolute Gasteiger partial charge is 0.507 e. The number of aromatic nitrogens is 1. The third-order valence-electron chi connectivity index (χ3n) is 5.83. The molecule has 3 rings (SSSR count). The van der Waals surface area contributed by atoms with Gasteiger partial charge in [-0.25, -0.2) is 0 Å². The lowest BCUT2D eigenvalue weighted by molar-refractivity contribution is -0.896. The molecule has 1 saturated heterocycles. The van der Waals surface area contributed by atoms with E-state index in [0.29, 0.717) is 23.4 Å². The summed E-state index contributed by atoms with van der Waals surface area (Å²) in [5.74, 6) is -0.803. The number of quaternary nitrogens is 1. The van der Waals surface area contributed by atoms with Crippen LogP contribution in [0.2, 0.25) is 0 Å². The van der Waals surface area contributed by atoms with Crippen molar-refractivity contribution in [1.82, 2.24) is 9.88 Å². The Kier molecular flexibility index (Phi) is 7.41. The lowest BCUT2D eigenvalue weighted by Crippen LogP contribution is -3.11. The maximum atomic E-state index is 13.0. The first-order chi connectivity index (χ1) is 15.0. The predicted molar refractivity (Wildman–Crippen MR) is 118 cm³/mol. The van der Waals surface area contributed by atoms with Crippen molar-refractivity contribution < 1.29 is 24.3 Å². The van der Waals surface area contributed by atoms with E-state index >= 15 is 0 Å². The molecular formula is C24H30N3O4+. The van der Waals surface area contributed by atoms with E-state index < -0.39 is 17.7 Å². The van der Waals surface area contributed by atoms with Gasteiger partial charge in [0.05, 0.1) is 38.4 Å². The summed E-state index contributed by atoms with van der Waals surface area (Å²) in [7, 11) is 1.56. The number of methoxy groups -OCH3 is 1. The number of amides is 1. The average Bonchev–Trinajstić information content (AvgIpc) is 3.07. The highest BCUT2D eigenvalue weighted by Crippen LogP contribution is 2.39. The molecule has 1 fully saturated rings. The number of aliphatic hydroxyl groups excluding tert-OH is 1. The van der Waals surface area contributed by atoms with Crippen LogP contribution in [0.15, 0.2) is 54.4 Å². The van der Waals surface area contributed by atoms with Crippen LogP contribution >= 0.6 is 0 Å². The fourth-order valence-corrected chi connectivity index (χ4v) is 4.00. The van der Waals surface area contributed by atoms with Crippen molar-refractivity contribution in [2.75, 3.05) is 33.3 Å². The second-order valence-corrected chi connectivity index (χ2v) is 7.57. The maximum Gasteiger partial charge on any atom is 0.295 e. The van der Waals surface area contributed by atoms with Crippen LogP contribution in [0, 0.1) is 0 Å². The summed E-state index contributed by atoms with van der Waals surface area (Å²) >= 11 is 0. The molecule has 7 nitrogen and oxygen atoms in total. The molecule has 1 amide bonds. The predicted octanol–water partition coefficient (Wildman–Crippen LogP) is 1.83. The molecule has 1 aromatic carbocycles. The van der Waals surface area contributed by atoms with Gasteiger partial charge >= 0.3 is 0 Å². The summed E-state index contributed by atoms with van der Waals surface area (Å²) in [5.41, 5.74) is 1.26. The van der Waals surface area contributed by atoms with Crippen LogP contribution in [-0.2, 0) is 9.59 Å². The Morgan fingerprint density at radius 2 is 1.87 bits per heavy atom. The van der Waals surface area contributed by atoms with Crippen LogP contribution in [0.5, 0.6) is 5.75 Å². The highest BCUT2D eigenvalue weighted by Gasteiger charge is 2.46. The van der Waals surface area contributed by atoms with E-state index in [1.54, 1.807) is 54.7 Å². The average molecular weight is 425 g/mol. The maximum absolute atomic E-state index is 13.0. The van der Waals surface area contributed by atoms with E-state index in [4.69, 9.17) is 4.74 Å². The molecular weight excluding hydrogens is 394 g/mol. The standard InChI is InChI=1S/C24H29N3O4/c1-4-26(5-2)14-7-15-27-21(18-8-6-13-25-16-18)20(23(29)24(27)30)22(28)17-9-11-19(31-3)12-10-17/h6,8-13,16,21,28H,4-5,7,14-15H2,1-3H3/p+1/b22-20+/t21-/m0/s1. The summed E-state index contributed by atoms with van der Waals surface area (Å²) in [4.78, 5) is 33.1. The minimum absolute atomic E-state index is 0.0957. The highest BCUT2D eigenvalue weighted by atomic mass is 16.5. The van der Waals surface area contributed by atoms with Crippen molar-refractivity contribution in [2.24, 2.45) is 0 Å². The Bertz CT molecular complexity index is 937. The lowest BCUT2D eigenvalue weighted by Gasteiger charge is -2.25. The van der Waals surface area contributed by atoms with E-state index in [1.807, 2.05) is 6.07 Å². The van der Waals surface area contributed by atoms with E-state index in [1.165, 1.54) is 4.90 Å². The summed E-state index contributed by atoms with van der Waals surface area (Å²) in [6.45, 7) is 7.64. The fourth-order valence-electron chi connectivity index (χ4n) is 4.00. The minimum atomic E-state index is -0.669. The molecule has 1 aliphatic heterocycles. The second kappa shape index (κ2) is 10.2. The Morgan fingerprint density at radius 1 is 1.16 bits per heavy atom. The molecule has 31 heavy (non-hydrogen) atoms. The second-order valence-electron chi connectivity index (χ2n) is 7.57. The number of pyridine rings is 1. The summed E-state index contributed by atoms with van der Waals surface area (Å²) < 4.78 is 5.16. The Morgan fingerprint density at radius 3 is 2.45 bits per heavy atom. The van der Waals surface area contributed by atoms with Gasteiger partial charge in [-0.05, 0) is 49.7 Å². The number of benzene rings is 1. The van der Waals surface area contributed by atoms with E-state index in [2.05, 4.69) is 18.8 Å². The number of rotatable bonds is 9. The van der Waals surface area contributed by atoms with Gasteiger partial charge in [0.1, 0.15) is 11.5 Å². The Balaban J connectivity index is 1.98. The molecule has 7 heteroatoms. The molecule has 0 aliphatic carbocycles. The number of carbonyl (C=O) groups is 2. The van der Waals surface area contributed by atoms with Crippen LogP contribution in [0.1, 0.15) is 37.4 Å². The van der Waals surface area contributed by atoms with Crippen molar-refractivity contribution in [1.29, 1.82) is 0 Å². The molecule has 164 valence electrons. The molecule has 0 saturated carbocycles. The number of ether oxygens (including phenoxy) is 1. The van der Waals surface area contributed by atoms with E-state index in [0.717, 1.165) is 26.1 Å². The molecule has 0 bridgehead atoms. The highest BCUT2D eigenvalue weighted by molar-refractivity contribution is 6.46. The van der Waals surface area contributed by atoms with Gasteiger partial charge in [-0.3, -0.25) is 14.6 Å². The van der Waals surface area contributed by atoms with Gasteiger partial charge in [0.15, 0.2) is 0 Å². The monoisotopic (exact) mass is 424 g/mol. The summed E-state index contributed by atoms with van der Waals surface area (Å²) in [5, 5.41) is 11.0. The molecule has 2 heterocycles. The normalized spacial score (nSPS) is 18.1. The molecule has 1 aliphatic rings. The fraction of sp³-hybridized carbons (Fsp3) is 0.375. The molecule has 0 unspecified atom stereocenters. The van der Waals surface area contributed by atoms with E-state index in [9.17, 15) is 14.7 Å². The van der Waals surface area contributed by atoms with Crippen molar-refractivity contribution >= 4 is 17.4 Å². The zero-order chi connectivity index (χ0) is 22.4. The Labute approximate surface area is 183 Å². The van der Waals surface area contributed by atoms with Crippen LogP contribution in [0.25, 0.3) is 5.76 Å². The van der Waals surface area contributed by atoms with E-state index in [-0.39, 0.29) is 11.3 Å². The first kappa shape index (κ1) is 22.5. The number of nitrogens with zero attached hydrogens (tertiary/aromatic N) is 2. The number of carbonyl (C=O) groups excluding carboxylic acids is 2. The first-order valence-electron chi connectivity index (χ1n) is 10.7. The Hall–Kier alpha value is -3.19. The SMILES string of the molecule is CC[NH+](CC)CCCN1C(=O)C(=O)/C(=C(/O)c2ccc(OC)cc2)[C@@H]1c1cccnc1. The van der Waals surface area contributed by atoms with Crippen molar-refractivity contribution in [3.8, 4) is 5.75 Å². The smallest absolute Gasteiger partial charge is 0.295 e. The number of hydrogen-bond donors (Lipinski definition) is 2. The van der Waals surface area contributed by atoms with Crippen LogP contribution < -0.4 is 9.64 Å². The quantitative estimate of drug-likeness (QED) is 0.365. The van der Waals surface area contributed by atoms with Crippen molar-refractivity contribution in [2.45, 2.75) is 26.3 Å². The minimum Gasteiger partial charge on any atom is -0.507 e. The van der Waals surface area contributed by atoms with Crippen LogP contribution in [0.3, 0.4) is 0 Å². The molecule has 2 N–H and O–H groups in total. The third-order valence-corrected chi connectivity index (χ3v) is 5.83. The number of likely N-dealkylation sites (tertiary alicyclic amines) is 1. The number of nitrogens with one attached hydrogen (secondary N) is 1. The molecule has 1 aromatic heterocycles. The molecule has 2 aromatic rings. The third kappa shape index (κ3) is 4.77. The zero-order valence-corrected chi connectivity index (χ0v) is 18.3. The molecule has 0 radical (unpaired) electrons. The summed E-state index contributed by atoms with van der Waals surface area (Å²) in [6.07, 6.45) is 4.05. The van der Waals surface area contributed by atoms with Crippen LogP contribution in [-0.4, -0.2) is 60.0 Å². The van der Waals surface area contributed by atoms with Gasteiger partial charge in [0.25, 0.3) is 11.7 Å². The van der Waals surface area contributed by atoms with Gasteiger partial charge in [-0.1, -0.05) is 6.07 Å². The lowest BCUT2D eigenvalue weighted by atomic mass is 9.96. The first-order valence-corrected chi connectivity index (χ1v) is 10.7. The molecule has 1 atom stereocenters. The summed E-state index contributed by atoms with van der Waals surface area (Å²) in [6, 6.07) is 9.68. The van der Waals surface area contributed by atoms with Gasteiger partial charge < -0.3 is 19.6 Å². The number of aliphatic hydroxyl groups is 1. The van der Waals surface area contributed by atoms with Gasteiger partial charge in [0.2, 0.25) is 0 Å². The zero-order valence-electron chi connectivity index (χ0n) is 18.3. The topological polar surface area (TPSA) is 84.2 Å².